The van der Waals surface area contributed by atoms with E-state index >= 15 is 0 Å². The SMILES string of the molecule is N#Cc1ccc(-c2cccc(-n3c4ccccc4c4cccc(-n5c6ccccc6c6ccccc65)c43)c2)c(-n2c3ccccc3c3cc(C#N)ccc32)c1. The van der Waals surface area contributed by atoms with Gasteiger partial charge in [0.15, 0.2) is 0 Å². The molecule has 11 rings (SSSR count). The molecule has 0 aliphatic rings. The number of aromatic nitrogens is 3. The third-order valence-electron chi connectivity index (χ3n) is 11.1. The van der Waals surface area contributed by atoms with E-state index in [2.05, 4.69) is 159 Å². The fourth-order valence-electron chi connectivity index (χ4n) is 8.78. The molecule has 0 saturated carbocycles. The Labute approximate surface area is 316 Å². The monoisotopic (exact) mass is 699 g/mol. The van der Waals surface area contributed by atoms with Crippen LogP contribution in [0.1, 0.15) is 11.1 Å². The largest absolute Gasteiger partial charge is 0.309 e. The van der Waals surface area contributed by atoms with Crippen molar-refractivity contribution >= 4 is 65.4 Å². The maximum Gasteiger partial charge on any atom is 0.0992 e. The predicted octanol–water partition coefficient (Wildman–Crippen LogP) is 12.4. The average molecular weight is 700 g/mol. The summed E-state index contributed by atoms with van der Waals surface area (Å²) in [5.41, 5.74) is 12.8. The Bertz CT molecular complexity index is 3420. The van der Waals surface area contributed by atoms with Gasteiger partial charge in [-0.15, -0.1) is 0 Å². The molecular weight excluding hydrogens is 671 g/mol. The topological polar surface area (TPSA) is 62.4 Å². The first-order chi connectivity index (χ1) is 27.2. The van der Waals surface area contributed by atoms with Crippen LogP contribution in [0.15, 0.2) is 176 Å². The fraction of sp³-hybridized carbons (Fsp3) is 0. The highest BCUT2D eigenvalue weighted by Gasteiger charge is 2.21. The summed E-state index contributed by atoms with van der Waals surface area (Å²) in [6.07, 6.45) is 0. The number of fused-ring (bicyclic) bond motifs is 9. The lowest BCUT2D eigenvalue weighted by atomic mass is 10.0. The maximum absolute atomic E-state index is 10.1. The molecular formula is C50H29N5. The summed E-state index contributed by atoms with van der Waals surface area (Å²) in [4.78, 5) is 0. The zero-order valence-electron chi connectivity index (χ0n) is 29.5. The predicted molar refractivity (Wildman–Crippen MR) is 224 cm³/mol. The second-order valence-corrected chi connectivity index (χ2v) is 14.0. The number of hydrogen-bond donors (Lipinski definition) is 0. The summed E-state index contributed by atoms with van der Waals surface area (Å²) in [5, 5.41) is 26.8. The van der Waals surface area contributed by atoms with Gasteiger partial charge in [0.2, 0.25) is 0 Å². The molecule has 8 aromatic carbocycles. The van der Waals surface area contributed by atoms with E-state index in [1.54, 1.807) is 0 Å². The van der Waals surface area contributed by atoms with Crippen LogP contribution < -0.4 is 0 Å². The van der Waals surface area contributed by atoms with Crippen molar-refractivity contribution in [2.45, 2.75) is 0 Å². The molecule has 0 aliphatic carbocycles. The summed E-state index contributed by atoms with van der Waals surface area (Å²) in [6.45, 7) is 0. The van der Waals surface area contributed by atoms with Crippen LogP contribution in [0.5, 0.6) is 0 Å². The molecule has 3 heterocycles. The quantitative estimate of drug-likeness (QED) is 0.184. The van der Waals surface area contributed by atoms with Crippen molar-refractivity contribution in [2.24, 2.45) is 0 Å². The first kappa shape index (κ1) is 30.7. The van der Waals surface area contributed by atoms with E-state index in [0.29, 0.717) is 11.1 Å². The molecule has 3 aromatic heterocycles. The lowest BCUT2D eigenvalue weighted by molar-refractivity contribution is 1.13. The molecule has 11 aromatic rings. The molecule has 254 valence electrons. The Morgan fingerprint density at radius 3 is 1.49 bits per heavy atom. The summed E-state index contributed by atoms with van der Waals surface area (Å²) in [7, 11) is 0. The van der Waals surface area contributed by atoms with Gasteiger partial charge in [0.25, 0.3) is 0 Å². The summed E-state index contributed by atoms with van der Waals surface area (Å²) >= 11 is 0. The van der Waals surface area contributed by atoms with Gasteiger partial charge in [0, 0.05) is 43.6 Å². The first-order valence-electron chi connectivity index (χ1n) is 18.3. The van der Waals surface area contributed by atoms with Crippen molar-refractivity contribution in [1.29, 1.82) is 10.5 Å². The number of nitrogens with zero attached hydrogens (tertiary/aromatic N) is 5. The molecule has 55 heavy (non-hydrogen) atoms. The Morgan fingerprint density at radius 1 is 0.345 bits per heavy atom. The highest BCUT2D eigenvalue weighted by Crippen LogP contribution is 2.41. The standard InChI is InChI=1S/C50H29N5/c51-30-32-24-26-47-42(27-32)40-16-4-8-21-46(40)55(47)49-28-33(31-52)23-25-36(49)34-11-9-12-35(29-34)53-43-18-5-3-15-39(43)41-17-10-22-48(50(41)53)54-44-19-6-1-13-37(44)38-14-2-7-20-45(38)54/h1-29H. The van der Waals surface area contributed by atoms with Gasteiger partial charge in [-0.05, 0) is 78.4 Å². The Hall–Kier alpha value is -7.86. The van der Waals surface area contributed by atoms with Gasteiger partial charge >= 0.3 is 0 Å². The van der Waals surface area contributed by atoms with Gasteiger partial charge in [0.1, 0.15) is 0 Å². The molecule has 0 unspecified atom stereocenters. The van der Waals surface area contributed by atoms with Crippen molar-refractivity contribution in [3.63, 3.8) is 0 Å². The van der Waals surface area contributed by atoms with E-state index in [4.69, 9.17) is 0 Å². The number of benzene rings is 8. The Balaban J connectivity index is 1.20. The number of hydrogen-bond acceptors (Lipinski definition) is 2. The molecule has 0 amide bonds. The molecule has 0 radical (unpaired) electrons. The molecule has 0 fully saturated rings. The van der Waals surface area contributed by atoms with E-state index < -0.39 is 0 Å². The second-order valence-electron chi connectivity index (χ2n) is 14.0. The van der Waals surface area contributed by atoms with Crippen LogP contribution >= 0.6 is 0 Å². The van der Waals surface area contributed by atoms with Crippen LogP contribution in [0.2, 0.25) is 0 Å². The Kier molecular flexibility index (Phi) is 6.61. The van der Waals surface area contributed by atoms with E-state index in [-0.39, 0.29) is 0 Å². The highest BCUT2D eigenvalue weighted by molar-refractivity contribution is 6.15. The van der Waals surface area contributed by atoms with Crippen LogP contribution in [0.4, 0.5) is 0 Å². The van der Waals surface area contributed by atoms with Crippen LogP contribution in [0, 0.1) is 22.7 Å². The van der Waals surface area contributed by atoms with Gasteiger partial charge in [-0.2, -0.15) is 10.5 Å². The summed E-state index contributed by atoms with van der Waals surface area (Å²) < 4.78 is 7.04. The van der Waals surface area contributed by atoms with Crippen molar-refractivity contribution in [1.82, 2.24) is 13.7 Å². The average Bonchev–Trinajstić information content (AvgIpc) is 3.89. The minimum atomic E-state index is 0.577. The van der Waals surface area contributed by atoms with Crippen molar-refractivity contribution in [3.8, 4) is 40.3 Å². The maximum atomic E-state index is 10.1. The lowest BCUT2D eigenvalue weighted by Crippen LogP contribution is -2.01. The zero-order chi connectivity index (χ0) is 36.6. The van der Waals surface area contributed by atoms with Crippen molar-refractivity contribution in [2.75, 3.05) is 0 Å². The van der Waals surface area contributed by atoms with Gasteiger partial charge in [0.05, 0.1) is 67.7 Å². The van der Waals surface area contributed by atoms with Crippen molar-refractivity contribution < 1.29 is 0 Å². The second kappa shape index (κ2) is 11.8. The number of rotatable bonds is 4. The Morgan fingerprint density at radius 2 is 0.836 bits per heavy atom. The van der Waals surface area contributed by atoms with E-state index in [0.717, 1.165) is 72.1 Å². The minimum absolute atomic E-state index is 0.577. The molecule has 5 heteroatoms. The van der Waals surface area contributed by atoms with Crippen LogP contribution in [-0.2, 0) is 0 Å². The van der Waals surface area contributed by atoms with Gasteiger partial charge in [-0.3, -0.25) is 0 Å². The summed E-state index contributed by atoms with van der Waals surface area (Å²) in [6, 6.07) is 66.0. The number of nitriles is 2. The zero-order valence-corrected chi connectivity index (χ0v) is 29.5. The lowest BCUT2D eigenvalue weighted by Gasteiger charge is -2.17. The van der Waals surface area contributed by atoms with Crippen LogP contribution in [0.3, 0.4) is 0 Å². The molecule has 0 saturated heterocycles. The van der Waals surface area contributed by atoms with E-state index in [1.807, 2.05) is 42.5 Å². The van der Waals surface area contributed by atoms with Gasteiger partial charge in [-0.25, -0.2) is 0 Å². The third kappa shape index (κ3) is 4.45. The molecule has 0 N–H and O–H groups in total. The molecule has 0 atom stereocenters. The first-order valence-corrected chi connectivity index (χ1v) is 18.3. The van der Waals surface area contributed by atoms with Crippen LogP contribution in [-0.4, -0.2) is 13.7 Å². The van der Waals surface area contributed by atoms with Gasteiger partial charge < -0.3 is 13.7 Å². The molecule has 0 aliphatic heterocycles. The minimum Gasteiger partial charge on any atom is -0.309 e. The summed E-state index contributed by atoms with van der Waals surface area (Å²) in [5.74, 6) is 0. The van der Waals surface area contributed by atoms with E-state index in [9.17, 15) is 10.5 Å². The highest BCUT2D eigenvalue weighted by atomic mass is 15.1. The van der Waals surface area contributed by atoms with Crippen molar-refractivity contribution in [3.05, 3.63) is 187 Å². The smallest absolute Gasteiger partial charge is 0.0992 e. The van der Waals surface area contributed by atoms with Gasteiger partial charge in [-0.1, -0.05) is 103 Å². The normalized spacial score (nSPS) is 11.6. The molecule has 0 spiro atoms. The number of para-hydroxylation sites is 5. The molecule has 5 nitrogen and oxygen atoms in total. The van der Waals surface area contributed by atoms with Crippen LogP contribution in [0.25, 0.3) is 93.6 Å². The third-order valence-corrected chi connectivity index (χ3v) is 11.1. The molecule has 0 bridgehead atoms. The van der Waals surface area contributed by atoms with E-state index in [1.165, 1.54) is 21.5 Å². The fourth-order valence-corrected chi connectivity index (χ4v) is 8.78.